The van der Waals surface area contributed by atoms with Crippen molar-refractivity contribution in [3.8, 4) is 0 Å². The van der Waals surface area contributed by atoms with Crippen LogP contribution in [0.4, 0.5) is 5.69 Å². The summed E-state index contributed by atoms with van der Waals surface area (Å²) in [7, 11) is -3.80. The van der Waals surface area contributed by atoms with Crippen molar-refractivity contribution in [2.75, 3.05) is 18.9 Å². The summed E-state index contributed by atoms with van der Waals surface area (Å²) in [5, 5.41) is 18.6. The monoisotopic (exact) mass is 294 g/mol. The van der Waals surface area contributed by atoms with Gasteiger partial charge in [-0.2, -0.15) is 0 Å². The van der Waals surface area contributed by atoms with E-state index in [1.54, 1.807) is 0 Å². The molecule has 0 aliphatic rings. The van der Waals surface area contributed by atoms with Gasteiger partial charge in [-0.15, -0.1) is 0 Å². The average molecular weight is 295 g/mol. The Kier molecular flexibility index (Phi) is 4.57. The van der Waals surface area contributed by atoms with Crippen LogP contribution in [-0.4, -0.2) is 37.4 Å². The number of nitrogen functional groups attached to an aromatic ring is 1. The maximum Gasteiger partial charge on any atom is 0.240 e. The van der Waals surface area contributed by atoms with Crippen LogP contribution in [0.2, 0.25) is 5.02 Å². The molecular formula is C10H15ClN2O4S. The van der Waals surface area contributed by atoms with Crippen molar-refractivity contribution in [3.05, 3.63) is 23.2 Å². The second kappa shape index (κ2) is 5.41. The standard InChI is InChI=1S/C10H15ClN2O4S/c1-10(15,6-14)5-13-18(16,17)7-2-3-8(11)9(12)4-7/h2-4,13-15H,5-6,12H2,1H3. The topological polar surface area (TPSA) is 113 Å². The minimum atomic E-state index is -3.80. The Bertz CT molecular complexity index is 531. The lowest BCUT2D eigenvalue weighted by Crippen LogP contribution is -2.43. The smallest absolute Gasteiger partial charge is 0.240 e. The van der Waals surface area contributed by atoms with Crippen LogP contribution in [0.5, 0.6) is 0 Å². The van der Waals surface area contributed by atoms with Crippen molar-refractivity contribution >= 4 is 27.3 Å². The van der Waals surface area contributed by atoms with Crippen LogP contribution in [0.15, 0.2) is 23.1 Å². The zero-order valence-electron chi connectivity index (χ0n) is 9.72. The zero-order chi connectivity index (χ0) is 14.0. The van der Waals surface area contributed by atoms with Crippen LogP contribution in [0, 0.1) is 0 Å². The molecule has 102 valence electrons. The fraction of sp³-hybridized carbons (Fsp3) is 0.400. The largest absolute Gasteiger partial charge is 0.397 e. The number of nitrogens with two attached hydrogens (primary N) is 1. The summed E-state index contributed by atoms with van der Waals surface area (Å²) in [6, 6.07) is 3.89. The average Bonchev–Trinajstić information content (AvgIpc) is 2.30. The number of benzene rings is 1. The van der Waals surface area contributed by atoms with Gasteiger partial charge in [0.25, 0.3) is 0 Å². The Labute approximate surface area is 110 Å². The first-order chi connectivity index (χ1) is 8.18. The van der Waals surface area contributed by atoms with E-state index in [2.05, 4.69) is 4.72 Å². The third-order valence-electron chi connectivity index (χ3n) is 2.26. The van der Waals surface area contributed by atoms with Crippen molar-refractivity contribution in [1.29, 1.82) is 0 Å². The fourth-order valence-electron chi connectivity index (χ4n) is 1.08. The van der Waals surface area contributed by atoms with Crippen LogP contribution < -0.4 is 10.5 Å². The van der Waals surface area contributed by atoms with E-state index in [9.17, 15) is 13.5 Å². The molecule has 1 atom stereocenters. The minimum Gasteiger partial charge on any atom is -0.397 e. The molecule has 1 aromatic rings. The van der Waals surface area contributed by atoms with Crippen molar-refractivity contribution in [2.45, 2.75) is 17.4 Å². The Morgan fingerprint density at radius 3 is 2.61 bits per heavy atom. The van der Waals surface area contributed by atoms with Crippen molar-refractivity contribution < 1.29 is 18.6 Å². The van der Waals surface area contributed by atoms with Gasteiger partial charge in [0.15, 0.2) is 0 Å². The Morgan fingerprint density at radius 1 is 1.50 bits per heavy atom. The summed E-state index contributed by atoms with van der Waals surface area (Å²) >= 11 is 5.69. The van der Waals surface area contributed by atoms with E-state index in [0.29, 0.717) is 0 Å². The van der Waals surface area contributed by atoms with Gasteiger partial charge in [0.1, 0.15) is 0 Å². The van der Waals surface area contributed by atoms with Gasteiger partial charge in [0.2, 0.25) is 10.0 Å². The van der Waals surface area contributed by atoms with E-state index in [0.717, 1.165) is 0 Å². The molecule has 0 radical (unpaired) electrons. The molecule has 6 nitrogen and oxygen atoms in total. The van der Waals surface area contributed by atoms with Gasteiger partial charge < -0.3 is 15.9 Å². The summed E-state index contributed by atoms with van der Waals surface area (Å²) in [6.07, 6.45) is 0. The molecule has 1 unspecified atom stereocenters. The van der Waals surface area contributed by atoms with Crippen LogP contribution in [-0.2, 0) is 10.0 Å². The van der Waals surface area contributed by atoms with Gasteiger partial charge in [-0.05, 0) is 25.1 Å². The maximum atomic E-state index is 11.9. The summed E-state index contributed by atoms with van der Waals surface area (Å²) in [4.78, 5) is -0.0573. The van der Waals surface area contributed by atoms with Crippen LogP contribution in [0.25, 0.3) is 0 Å². The third kappa shape index (κ3) is 3.82. The lowest BCUT2D eigenvalue weighted by molar-refractivity contribution is 0.00681. The number of hydrogen-bond donors (Lipinski definition) is 4. The molecule has 8 heteroatoms. The molecule has 0 saturated carbocycles. The zero-order valence-corrected chi connectivity index (χ0v) is 11.3. The third-order valence-corrected chi connectivity index (χ3v) is 4.00. The molecule has 0 heterocycles. The first-order valence-corrected chi connectivity index (χ1v) is 6.92. The highest BCUT2D eigenvalue weighted by molar-refractivity contribution is 7.89. The summed E-state index contributed by atoms with van der Waals surface area (Å²) in [5.74, 6) is 0. The predicted molar refractivity (Wildman–Crippen MR) is 68.8 cm³/mol. The molecule has 0 amide bonds. The van der Waals surface area contributed by atoms with Crippen molar-refractivity contribution in [2.24, 2.45) is 0 Å². The van der Waals surface area contributed by atoms with E-state index < -0.39 is 22.2 Å². The minimum absolute atomic E-state index is 0.0573. The van der Waals surface area contributed by atoms with E-state index in [-0.39, 0.29) is 22.2 Å². The number of rotatable bonds is 5. The summed E-state index contributed by atoms with van der Waals surface area (Å²) in [5.41, 5.74) is 4.14. The fourth-order valence-corrected chi connectivity index (χ4v) is 2.39. The SMILES string of the molecule is CC(O)(CO)CNS(=O)(=O)c1ccc(Cl)c(N)c1. The number of halogens is 1. The number of anilines is 1. The molecule has 1 aromatic carbocycles. The Hall–Kier alpha value is -0.860. The van der Waals surface area contributed by atoms with Gasteiger partial charge in [-0.25, -0.2) is 13.1 Å². The molecule has 1 rings (SSSR count). The molecule has 0 aromatic heterocycles. The first kappa shape index (κ1) is 15.2. The molecule has 5 N–H and O–H groups in total. The number of aliphatic hydroxyl groups excluding tert-OH is 1. The molecule has 0 saturated heterocycles. The first-order valence-electron chi connectivity index (χ1n) is 5.06. The predicted octanol–water partition coefficient (Wildman–Crippen LogP) is -0.0562. The number of hydrogen-bond acceptors (Lipinski definition) is 5. The van der Waals surface area contributed by atoms with Crippen molar-refractivity contribution in [1.82, 2.24) is 4.72 Å². The number of aliphatic hydroxyl groups is 2. The molecule has 0 aliphatic carbocycles. The van der Waals surface area contributed by atoms with E-state index >= 15 is 0 Å². The van der Waals surface area contributed by atoms with Crippen LogP contribution in [0.3, 0.4) is 0 Å². The Balaban J connectivity index is 2.90. The van der Waals surface area contributed by atoms with E-state index in [1.165, 1.54) is 25.1 Å². The normalized spacial score (nSPS) is 15.3. The lowest BCUT2D eigenvalue weighted by Gasteiger charge is -2.20. The van der Waals surface area contributed by atoms with E-state index in [4.69, 9.17) is 22.4 Å². The number of nitrogens with one attached hydrogen (secondary N) is 1. The van der Waals surface area contributed by atoms with Gasteiger partial charge in [-0.1, -0.05) is 11.6 Å². The van der Waals surface area contributed by atoms with Gasteiger partial charge >= 0.3 is 0 Å². The molecule has 0 spiro atoms. The maximum absolute atomic E-state index is 11.9. The summed E-state index contributed by atoms with van der Waals surface area (Å²) in [6.45, 7) is 0.443. The van der Waals surface area contributed by atoms with Gasteiger partial charge in [0.05, 0.1) is 27.8 Å². The van der Waals surface area contributed by atoms with Crippen molar-refractivity contribution in [3.63, 3.8) is 0 Å². The second-order valence-electron chi connectivity index (χ2n) is 4.16. The number of sulfonamides is 1. The van der Waals surface area contributed by atoms with Gasteiger partial charge in [-0.3, -0.25) is 0 Å². The van der Waals surface area contributed by atoms with Crippen LogP contribution in [0.1, 0.15) is 6.92 Å². The highest BCUT2D eigenvalue weighted by Crippen LogP contribution is 2.22. The Morgan fingerprint density at radius 2 is 2.11 bits per heavy atom. The highest BCUT2D eigenvalue weighted by atomic mass is 35.5. The van der Waals surface area contributed by atoms with Gasteiger partial charge in [0, 0.05) is 6.54 Å². The highest BCUT2D eigenvalue weighted by Gasteiger charge is 2.23. The lowest BCUT2D eigenvalue weighted by atomic mass is 10.1. The van der Waals surface area contributed by atoms with Crippen LogP contribution >= 0.6 is 11.6 Å². The molecule has 18 heavy (non-hydrogen) atoms. The van der Waals surface area contributed by atoms with E-state index in [1.807, 2.05) is 0 Å². The summed E-state index contributed by atoms with van der Waals surface area (Å²) < 4.78 is 25.9. The molecule has 0 fully saturated rings. The second-order valence-corrected chi connectivity index (χ2v) is 6.34. The molecule has 0 aliphatic heterocycles. The molecule has 0 bridgehead atoms. The quantitative estimate of drug-likeness (QED) is 0.569. The molecular weight excluding hydrogens is 280 g/mol.